The molecule has 1 saturated heterocycles. The Kier molecular flexibility index (Phi) is 3.48. The van der Waals surface area contributed by atoms with Crippen LogP contribution in [-0.2, 0) is 4.79 Å². The largest absolute Gasteiger partial charge is 0.481 e. The Morgan fingerprint density at radius 2 is 2.10 bits per heavy atom. The number of aromatic nitrogens is 2. The summed E-state index contributed by atoms with van der Waals surface area (Å²) in [6.07, 6.45) is 3.19. The molecule has 1 aliphatic heterocycles. The van der Waals surface area contributed by atoms with E-state index < -0.39 is 11.9 Å². The van der Waals surface area contributed by atoms with Crippen LogP contribution < -0.4 is 5.56 Å². The Hall–Kier alpha value is -2.18. The maximum absolute atomic E-state index is 12.4. The van der Waals surface area contributed by atoms with Crippen LogP contribution in [0.25, 0.3) is 0 Å². The molecule has 2 heterocycles. The second kappa shape index (κ2) is 5.31. The molecule has 1 aromatic rings. The van der Waals surface area contributed by atoms with Gasteiger partial charge in [0.1, 0.15) is 11.5 Å². The first-order chi connectivity index (χ1) is 10.0. The Labute approximate surface area is 121 Å². The summed E-state index contributed by atoms with van der Waals surface area (Å²) in [4.78, 5) is 43.5. The number of aromatic amines is 1. The van der Waals surface area contributed by atoms with Crippen LogP contribution in [0.5, 0.6) is 0 Å². The molecule has 1 aromatic heterocycles. The minimum Gasteiger partial charge on any atom is -0.481 e. The van der Waals surface area contributed by atoms with Crippen molar-refractivity contribution in [1.29, 1.82) is 0 Å². The number of amides is 1. The monoisotopic (exact) mass is 291 g/mol. The fourth-order valence-corrected chi connectivity index (χ4v) is 2.66. The maximum atomic E-state index is 12.4. The van der Waals surface area contributed by atoms with E-state index >= 15 is 0 Å². The lowest BCUT2D eigenvalue weighted by molar-refractivity contribution is -0.143. The molecule has 1 atom stereocenters. The summed E-state index contributed by atoms with van der Waals surface area (Å²) in [5.41, 5.74) is -0.214. The summed E-state index contributed by atoms with van der Waals surface area (Å²) in [5.74, 6) is -0.956. The number of aliphatic carboxylic acids is 1. The van der Waals surface area contributed by atoms with Crippen molar-refractivity contribution in [3.05, 3.63) is 27.9 Å². The highest BCUT2D eigenvalue weighted by atomic mass is 16.4. The fraction of sp³-hybridized carbons (Fsp3) is 0.571. The molecule has 1 amide bonds. The third-order valence-corrected chi connectivity index (χ3v) is 4.00. The molecule has 2 aliphatic rings. The van der Waals surface area contributed by atoms with Gasteiger partial charge in [-0.25, -0.2) is 4.98 Å². The third kappa shape index (κ3) is 2.96. The molecule has 0 radical (unpaired) electrons. The minimum atomic E-state index is -0.884. The van der Waals surface area contributed by atoms with Crippen molar-refractivity contribution < 1.29 is 14.7 Å². The minimum absolute atomic E-state index is 0.117. The third-order valence-electron chi connectivity index (χ3n) is 4.00. The Balaban J connectivity index is 1.81. The van der Waals surface area contributed by atoms with Crippen LogP contribution in [0.15, 0.2) is 10.9 Å². The highest BCUT2D eigenvalue weighted by molar-refractivity contribution is 5.92. The van der Waals surface area contributed by atoms with Crippen LogP contribution in [-0.4, -0.2) is 44.9 Å². The smallest absolute Gasteiger partial charge is 0.308 e. The molecule has 2 N–H and O–H groups in total. The number of H-pyrrole nitrogens is 1. The van der Waals surface area contributed by atoms with E-state index in [0.717, 1.165) is 12.8 Å². The van der Waals surface area contributed by atoms with E-state index in [1.807, 2.05) is 0 Å². The van der Waals surface area contributed by atoms with Crippen LogP contribution in [0.1, 0.15) is 47.9 Å². The molecule has 1 aliphatic carbocycles. The van der Waals surface area contributed by atoms with Gasteiger partial charge in [0.15, 0.2) is 0 Å². The van der Waals surface area contributed by atoms with E-state index in [1.54, 1.807) is 0 Å². The molecule has 0 bridgehead atoms. The number of nitrogens with one attached hydrogen (secondary N) is 1. The summed E-state index contributed by atoms with van der Waals surface area (Å²) < 4.78 is 0. The van der Waals surface area contributed by atoms with E-state index in [0.29, 0.717) is 25.2 Å². The van der Waals surface area contributed by atoms with Crippen LogP contribution >= 0.6 is 0 Å². The summed E-state index contributed by atoms with van der Waals surface area (Å²) in [5, 5.41) is 9.07. The quantitative estimate of drug-likeness (QED) is 0.848. The fourth-order valence-electron chi connectivity index (χ4n) is 2.66. The topological polar surface area (TPSA) is 103 Å². The SMILES string of the molecule is O=C(O)[C@@H]1CCCN(C(=O)c2cc(=O)[nH]c(C3CC3)n2)C1. The lowest BCUT2D eigenvalue weighted by Gasteiger charge is -2.30. The van der Waals surface area contributed by atoms with E-state index in [-0.39, 0.29) is 29.6 Å². The predicted octanol–water partition coefficient (Wildman–Crippen LogP) is 0.584. The molecule has 7 nitrogen and oxygen atoms in total. The van der Waals surface area contributed by atoms with Gasteiger partial charge in [-0.15, -0.1) is 0 Å². The Morgan fingerprint density at radius 1 is 1.33 bits per heavy atom. The van der Waals surface area contributed by atoms with E-state index in [9.17, 15) is 14.4 Å². The van der Waals surface area contributed by atoms with Crippen LogP contribution in [0.3, 0.4) is 0 Å². The van der Waals surface area contributed by atoms with Gasteiger partial charge >= 0.3 is 5.97 Å². The molecule has 7 heteroatoms. The van der Waals surface area contributed by atoms with Crippen LogP contribution in [0.2, 0.25) is 0 Å². The normalized spacial score (nSPS) is 22.1. The number of rotatable bonds is 3. The van der Waals surface area contributed by atoms with E-state index in [2.05, 4.69) is 9.97 Å². The standard InChI is InChI=1S/C14H17N3O4/c18-11-6-10(15-12(16-11)8-3-4-8)13(19)17-5-1-2-9(7-17)14(20)21/h6,8-9H,1-5,7H2,(H,20,21)(H,15,16,18)/t9-/m1/s1. The highest BCUT2D eigenvalue weighted by Crippen LogP contribution is 2.37. The molecule has 112 valence electrons. The number of carbonyl (C=O) groups is 2. The van der Waals surface area contributed by atoms with Crippen molar-refractivity contribution in [2.24, 2.45) is 5.92 Å². The van der Waals surface area contributed by atoms with Gasteiger partial charge in [0, 0.05) is 25.1 Å². The molecular formula is C14H17N3O4. The Morgan fingerprint density at radius 3 is 2.76 bits per heavy atom. The zero-order chi connectivity index (χ0) is 15.0. The first-order valence-electron chi connectivity index (χ1n) is 7.18. The second-order valence-corrected chi connectivity index (χ2v) is 5.72. The zero-order valence-electron chi connectivity index (χ0n) is 11.5. The number of likely N-dealkylation sites (tertiary alicyclic amines) is 1. The lowest BCUT2D eigenvalue weighted by Crippen LogP contribution is -2.43. The average molecular weight is 291 g/mol. The van der Waals surface area contributed by atoms with Crippen LogP contribution in [0, 0.1) is 5.92 Å². The number of hydrogen-bond acceptors (Lipinski definition) is 4. The first kappa shape index (κ1) is 13.8. The summed E-state index contributed by atoms with van der Waals surface area (Å²) in [6, 6.07) is 1.19. The summed E-state index contributed by atoms with van der Waals surface area (Å²) >= 11 is 0. The molecule has 2 fully saturated rings. The molecule has 0 unspecified atom stereocenters. The highest BCUT2D eigenvalue weighted by Gasteiger charge is 2.31. The van der Waals surface area contributed by atoms with Crippen molar-refractivity contribution in [3.63, 3.8) is 0 Å². The van der Waals surface area contributed by atoms with Crippen molar-refractivity contribution in [2.75, 3.05) is 13.1 Å². The molecule has 21 heavy (non-hydrogen) atoms. The van der Waals surface area contributed by atoms with Gasteiger partial charge in [-0.05, 0) is 25.7 Å². The second-order valence-electron chi connectivity index (χ2n) is 5.72. The van der Waals surface area contributed by atoms with Crippen molar-refractivity contribution in [3.8, 4) is 0 Å². The van der Waals surface area contributed by atoms with Gasteiger partial charge in [-0.3, -0.25) is 14.4 Å². The number of carboxylic acid groups (broad SMARTS) is 1. The van der Waals surface area contributed by atoms with Gasteiger partial charge in [-0.1, -0.05) is 0 Å². The number of carbonyl (C=O) groups excluding carboxylic acids is 1. The van der Waals surface area contributed by atoms with Gasteiger partial charge in [-0.2, -0.15) is 0 Å². The van der Waals surface area contributed by atoms with Gasteiger partial charge in [0.05, 0.1) is 5.92 Å². The molecule has 0 aromatic carbocycles. The van der Waals surface area contributed by atoms with E-state index in [1.165, 1.54) is 11.0 Å². The van der Waals surface area contributed by atoms with E-state index in [4.69, 9.17) is 5.11 Å². The molecular weight excluding hydrogens is 274 g/mol. The molecule has 0 spiro atoms. The number of hydrogen-bond donors (Lipinski definition) is 2. The maximum Gasteiger partial charge on any atom is 0.308 e. The number of carboxylic acids is 1. The summed E-state index contributed by atoms with van der Waals surface area (Å²) in [6.45, 7) is 0.692. The lowest BCUT2D eigenvalue weighted by atomic mass is 9.98. The predicted molar refractivity (Wildman–Crippen MR) is 73.1 cm³/mol. The van der Waals surface area contributed by atoms with Gasteiger partial charge in [0.2, 0.25) is 0 Å². The first-order valence-corrected chi connectivity index (χ1v) is 7.18. The summed E-state index contributed by atoms with van der Waals surface area (Å²) in [7, 11) is 0. The average Bonchev–Trinajstić information content (AvgIpc) is 3.30. The molecule has 3 rings (SSSR count). The van der Waals surface area contributed by atoms with Gasteiger partial charge < -0.3 is 15.0 Å². The van der Waals surface area contributed by atoms with Crippen LogP contribution in [0.4, 0.5) is 0 Å². The number of piperidine rings is 1. The van der Waals surface area contributed by atoms with Gasteiger partial charge in [0.25, 0.3) is 11.5 Å². The number of nitrogens with zero attached hydrogens (tertiary/aromatic N) is 2. The van der Waals surface area contributed by atoms with Crippen molar-refractivity contribution >= 4 is 11.9 Å². The zero-order valence-corrected chi connectivity index (χ0v) is 11.5. The Bertz CT molecular complexity index is 635. The molecule has 1 saturated carbocycles. The van der Waals surface area contributed by atoms with Crippen molar-refractivity contribution in [2.45, 2.75) is 31.6 Å². The van der Waals surface area contributed by atoms with Crippen molar-refractivity contribution in [1.82, 2.24) is 14.9 Å².